The molecular weight excluding hydrogens is 223 g/mol. The number of ether oxygens (including phenoxy) is 1. The first kappa shape index (κ1) is 19.8. The van der Waals surface area contributed by atoms with Crippen LogP contribution in [0.4, 0.5) is 0 Å². The first-order valence-corrected chi connectivity index (χ1v) is 6.96. The Labute approximate surface area is 129 Å². The van der Waals surface area contributed by atoms with E-state index in [0.29, 0.717) is 13.0 Å². The van der Waals surface area contributed by atoms with Crippen LogP contribution in [-0.2, 0) is 9.53 Å². The molecular formula is C14H29NaO2. The van der Waals surface area contributed by atoms with E-state index < -0.39 is 0 Å². The molecule has 0 spiro atoms. The zero-order valence-electron chi connectivity index (χ0n) is 11.1. The summed E-state index contributed by atoms with van der Waals surface area (Å²) in [6, 6.07) is 0. The summed E-state index contributed by atoms with van der Waals surface area (Å²) in [7, 11) is 0. The Hall–Kier alpha value is 0.470. The summed E-state index contributed by atoms with van der Waals surface area (Å²) in [5.41, 5.74) is 0. The summed E-state index contributed by atoms with van der Waals surface area (Å²) in [6.45, 7) is 4.61. The molecule has 0 radical (unpaired) electrons. The third kappa shape index (κ3) is 16.5. The van der Waals surface area contributed by atoms with Gasteiger partial charge in [-0.2, -0.15) is 0 Å². The summed E-state index contributed by atoms with van der Waals surface area (Å²) in [6.07, 6.45) is 12.2. The van der Waals surface area contributed by atoms with Gasteiger partial charge in [0.15, 0.2) is 0 Å². The van der Waals surface area contributed by atoms with Crippen molar-refractivity contribution >= 4 is 35.5 Å². The van der Waals surface area contributed by atoms with Crippen LogP contribution >= 0.6 is 0 Å². The normalized spacial score (nSPS) is 9.76. The van der Waals surface area contributed by atoms with Crippen LogP contribution < -0.4 is 0 Å². The molecule has 0 heterocycles. The Morgan fingerprint density at radius 2 is 1.29 bits per heavy atom. The van der Waals surface area contributed by atoms with Crippen molar-refractivity contribution in [3.63, 3.8) is 0 Å². The molecule has 0 rings (SSSR count). The average Bonchev–Trinajstić information content (AvgIpc) is 2.27. The van der Waals surface area contributed by atoms with Gasteiger partial charge in [0.05, 0.1) is 6.61 Å². The summed E-state index contributed by atoms with van der Waals surface area (Å²) in [4.78, 5) is 11.0. The second-order valence-electron chi connectivity index (χ2n) is 4.38. The van der Waals surface area contributed by atoms with Crippen molar-refractivity contribution < 1.29 is 9.53 Å². The molecule has 0 amide bonds. The van der Waals surface area contributed by atoms with Crippen LogP contribution in [0.3, 0.4) is 0 Å². The molecule has 0 aliphatic carbocycles. The maximum absolute atomic E-state index is 11.0. The first-order chi connectivity index (χ1) is 7.81. The van der Waals surface area contributed by atoms with Crippen molar-refractivity contribution in [2.75, 3.05) is 6.61 Å². The van der Waals surface area contributed by atoms with E-state index in [1.54, 1.807) is 0 Å². The van der Waals surface area contributed by atoms with Crippen LogP contribution in [0.25, 0.3) is 0 Å². The molecule has 0 unspecified atom stereocenters. The van der Waals surface area contributed by atoms with Crippen LogP contribution in [0.2, 0.25) is 0 Å². The molecule has 2 nitrogen and oxygen atoms in total. The second kappa shape index (κ2) is 16.5. The van der Waals surface area contributed by atoms with E-state index in [-0.39, 0.29) is 35.5 Å². The Morgan fingerprint density at radius 3 is 1.76 bits per heavy atom. The number of carbonyl (C=O) groups is 1. The quantitative estimate of drug-likeness (QED) is 0.317. The summed E-state index contributed by atoms with van der Waals surface area (Å²) >= 11 is 0. The van der Waals surface area contributed by atoms with Gasteiger partial charge >= 0.3 is 35.5 Å². The van der Waals surface area contributed by atoms with Gasteiger partial charge in [0.1, 0.15) is 0 Å². The minimum absolute atomic E-state index is 0. The van der Waals surface area contributed by atoms with Crippen molar-refractivity contribution in [3.8, 4) is 0 Å². The molecule has 0 saturated heterocycles. The Morgan fingerprint density at radius 1 is 0.824 bits per heavy atom. The van der Waals surface area contributed by atoms with Crippen LogP contribution in [-0.4, -0.2) is 42.1 Å². The monoisotopic (exact) mass is 252 g/mol. The molecule has 0 aromatic heterocycles. The molecule has 98 valence electrons. The van der Waals surface area contributed by atoms with Crippen molar-refractivity contribution in [2.24, 2.45) is 0 Å². The van der Waals surface area contributed by atoms with Crippen molar-refractivity contribution in [1.29, 1.82) is 0 Å². The van der Waals surface area contributed by atoms with E-state index in [9.17, 15) is 4.79 Å². The van der Waals surface area contributed by atoms with E-state index in [0.717, 1.165) is 6.42 Å². The van der Waals surface area contributed by atoms with Crippen molar-refractivity contribution in [1.82, 2.24) is 0 Å². The van der Waals surface area contributed by atoms with Gasteiger partial charge in [0, 0.05) is 6.42 Å². The Balaban J connectivity index is 0. The summed E-state index contributed by atoms with van der Waals surface area (Å²) in [5.74, 6) is -0.0366. The zero-order valence-corrected chi connectivity index (χ0v) is 11.1. The third-order valence-electron chi connectivity index (χ3n) is 2.79. The number of carbonyl (C=O) groups excluding carboxylic acids is 1. The molecule has 3 heteroatoms. The molecule has 0 atom stereocenters. The molecule has 17 heavy (non-hydrogen) atoms. The molecule has 0 fully saturated rings. The number of esters is 1. The van der Waals surface area contributed by atoms with E-state index >= 15 is 0 Å². The van der Waals surface area contributed by atoms with E-state index in [2.05, 4.69) is 6.92 Å². The number of unbranched alkanes of at least 4 members (excludes halogenated alkanes) is 8. The first-order valence-electron chi connectivity index (χ1n) is 6.96. The van der Waals surface area contributed by atoms with Gasteiger partial charge < -0.3 is 4.74 Å². The average molecular weight is 252 g/mol. The van der Waals surface area contributed by atoms with Gasteiger partial charge in [-0.05, 0) is 13.3 Å². The second-order valence-corrected chi connectivity index (χ2v) is 4.38. The van der Waals surface area contributed by atoms with Crippen molar-refractivity contribution in [2.45, 2.75) is 78.1 Å². The molecule has 0 bridgehead atoms. The predicted octanol–water partition coefficient (Wildman–Crippen LogP) is 3.82. The van der Waals surface area contributed by atoms with Gasteiger partial charge in [0.2, 0.25) is 0 Å². The van der Waals surface area contributed by atoms with Gasteiger partial charge in [-0.15, -0.1) is 0 Å². The SMILES string of the molecule is CCCCCCCCCCCC(=O)OCC.[NaH]. The molecule has 0 aromatic carbocycles. The van der Waals surface area contributed by atoms with E-state index in [1.807, 2.05) is 6.92 Å². The molecule has 0 aliphatic heterocycles. The van der Waals surface area contributed by atoms with Crippen LogP contribution in [0.1, 0.15) is 78.1 Å². The van der Waals surface area contributed by atoms with E-state index in [4.69, 9.17) is 4.74 Å². The fourth-order valence-electron chi connectivity index (χ4n) is 1.81. The minimum atomic E-state index is -0.0366. The fraction of sp³-hybridized carbons (Fsp3) is 0.929. The number of hydrogen-bond acceptors (Lipinski definition) is 2. The zero-order chi connectivity index (χ0) is 12.1. The van der Waals surface area contributed by atoms with Gasteiger partial charge in [0.25, 0.3) is 0 Å². The molecule has 0 N–H and O–H groups in total. The molecule has 0 aromatic rings. The molecule has 0 saturated carbocycles. The number of hydrogen-bond donors (Lipinski definition) is 0. The maximum atomic E-state index is 11.0. The van der Waals surface area contributed by atoms with Gasteiger partial charge in [-0.25, -0.2) is 0 Å². The predicted molar refractivity (Wildman–Crippen MR) is 75.6 cm³/mol. The Kier molecular flexibility index (Phi) is 19.2. The number of rotatable bonds is 11. The standard InChI is InChI=1S/C14H28O2.Na.H/c1-3-5-6-7-8-9-10-11-12-13-14(15)16-4-2;;/h3-13H2,1-2H3;;. The summed E-state index contributed by atoms with van der Waals surface area (Å²) < 4.78 is 4.87. The molecule has 0 aliphatic rings. The van der Waals surface area contributed by atoms with Crippen molar-refractivity contribution in [3.05, 3.63) is 0 Å². The van der Waals surface area contributed by atoms with Crippen LogP contribution in [0.5, 0.6) is 0 Å². The van der Waals surface area contributed by atoms with Crippen LogP contribution in [0, 0.1) is 0 Å². The van der Waals surface area contributed by atoms with Gasteiger partial charge in [-0.1, -0.05) is 58.3 Å². The topological polar surface area (TPSA) is 26.3 Å². The van der Waals surface area contributed by atoms with Crippen LogP contribution in [0.15, 0.2) is 0 Å². The third-order valence-corrected chi connectivity index (χ3v) is 2.79. The Bertz CT molecular complexity index is 160. The van der Waals surface area contributed by atoms with Gasteiger partial charge in [-0.3, -0.25) is 4.79 Å². The van der Waals surface area contributed by atoms with E-state index in [1.165, 1.54) is 51.4 Å². The fourth-order valence-corrected chi connectivity index (χ4v) is 1.81. The summed E-state index contributed by atoms with van der Waals surface area (Å²) in [5, 5.41) is 0.